The third kappa shape index (κ3) is 6.54. The maximum Gasteiger partial charge on any atom is 0.360 e. The second-order valence-electron chi connectivity index (χ2n) is 5.09. The first-order valence-electron chi connectivity index (χ1n) is 7.29. The summed E-state index contributed by atoms with van der Waals surface area (Å²) in [7, 11) is 0. The number of ether oxygens (including phenoxy) is 1. The van der Waals surface area contributed by atoms with E-state index in [4.69, 9.17) is 15.8 Å². The molecule has 0 amide bonds. The van der Waals surface area contributed by atoms with Crippen molar-refractivity contribution in [3.05, 3.63) is 0 Å². The summed E-state index contributed by atoms with van der Waals surface area (Å²) < 4.78 is 4.33. The molecule has 120 valence electrons. The molecule has 0 aromatic carbocycles. The fourth-order valence-corrected chi connectivity index (χ4v) is 1.80. The van der Waals surface area contributed by atoms with Crippen molar-refractivity contribution in [1.82, 2.24) is 0 Å². The molecular formula is C15H21N3O4. The van der Waals surface area contributed by atoms with E-state index in [0.717, 1.165) is 32.1 Å². The predicted molar refractivity (Wildman–Crippen MR) is 75.1 cm³/mol. The molecule has 0 heterocycles. The third-order valence-electron chi connectivity index (χ3n) is 3.17. The Morgan fingerprint density at radius 3 is 1.86 bits per heavy atom. The molecule has 7 heteroatoms. The van der Waals surface area contributed by atoms with E-state index in [2.05, 4.69) is 11.7 Å². The zero-order chi connectivity index (χ0) is 17.1. The lowest BCUT2D eigenvalue weighted by Crippen LogP contribution is -2.40. The summed E-state index contributed by atoms with van der Waals surface area (Å²) >= 11 is 0. The quantitative estimate of drug-likeness (QED) is 0.357. The van der Waals surface area contributed by atoms with Crippen LogP contribution < -0.4 is 0 Å². The van der Waals surface area contributed by atoms with Gasteiger partial charge in [-0.05, 0) is 6.42 Å². The van der Waals surface area contributed by atoms with Gasteiger partial charge in [0.15, 0.2) is 0 Å². The standard InChI is InChI=1S/C15H21N3O4/c1-2-3-4-5-6-7-8-9-15(20,21)22-13(19)14(10-16,11-17)12-18/h20-21H,2-9H2,1H3. The average molecular weight is 307 g/mol. The van der Waals surface area contributed by atoms with Crippen LogP contribution in [-0.4, -0.2) is 22.2 Å². The van der Waals surface area contributed by atoms with Gasteiger partial charge in [-0.3, -0.25) is 0 Å². The Hall–Kier alpha value is -2.14. The lowest BCUT2D eigenvalue weighted by Gasteiger charge is -2.23. The Kier molecular flexibility index (Phi) is 8.79. The number of carbonyl (C=O) groups is 1. The van der Waals surface area contributed by atoms with E-state index in [1.807, 2.05) is 0 Å². The minimum Gasteiger partial charge on any atom is -0.405 e. The molecule has 0 aliphatic rings. The van der Waals surface area contributed by atoms with Gasteiger partial charge in [0.2, 0.25) is 0 Å². The molecular weight excluding hydrogens is 286 g/mol. The average Bonchev–Trinajstić information content (AvgIpc) is 2.48. The van der Waals surface area contributed by atoms with Crippen LogP contribution in [-0.2, 0) is 9.53 Å². The molecule has 0 bridgehead atoms. The van der Waals surface area contributed by atoms with Gasteiger partial charge in [0.05, 0.1) is 0 Å². The Labute approximate surface area is 130 Å². The largest absolute Gasteiger partial charge is 0.405 e. The van der Waals surface area contributed by atoms with Crippen LogP contribution in [0.2, 0.25) is 0 Å². The molecule has 0 spiro atoms. The molecule has 0 saturated heterocycles. The summed E-state index contributed by atoms with van der Waals surface area (Å²) in [5.74, 6) is -4.36. The summed E-state index contributed by atoms with van der Waals surface area (Å²) in [5.41, 5.74) is -2.68. The van der Waals surface area contributed by atoms with Crippen LogP contribution in [0.3, 0.4) is 0 Å². The lowest BCUT2D eigenvalue weighted by atomic mass is 9.94. The van der Waals surface area contributed by atoms with E-state index >= 15 is 0 Å². The van der Waals surface area contributed by atoms with Crippen molar-refractivity contribution in [3.8, 4) is 18.2 Å². The van der Waals surface area contributed by atoms with Gasteiger partial charge in [-0.2, -0.15) is 15.8 Å². The van der Waals surface area contributed by atoms with Crippen molar-refractivity contribution in [3.63, 3.8) is 0 Å². The maximum atomic E-state index is 11.6. The Bertz CT molecular complexity index is 446. The van der Waals surface area contributed by atoms with Gasteiger partial charge >= 0.3 is 17.4 Å². The van der Waals surface area contributed by atoms with Crippen LogP contribution >= 0.6 is 0 Å². The lowest BCUT2D eigenvalue weighted by molar-refractivity contribution is -0.324. The van der Waals surface area contributed by atoms with Crippen LogP contribution in [0.25, 0.3) is 0 Å². The first-order chi connectivity index (χ1) is 10.4. The summed E-state index contributed by atoms with van der Waals surface area (Å²) in [6, 6.07) is 3.64. The molecule has 0 aromatic rings. The summed E-state index contributed by atoms with van der Waals surface area (Å²) in [4.78, 5) is 11.6. The number of carbonyl (C=O) groups excluding carboxylic acids is 1. The van der Waals surface area contributed by atoms with Gasteiger partial charge in [-0.15, -0.1) is 0 Å². The topological polar surface area (TPSA) is 138 Å². The van der Waals surface area contributed by atoms with E-state index in [1.54, 1.807) is 0 Å². The normalized spacial score (nSPS) is 11.1. The van der Waals surface area contributed by atoms with Crippen molar-refractivity contribution in [2.24, 2.45) is 5.41 Å². The molecule has 0 fully saturated rings. The number of esters is 1. The molecule has 0 saturated carbocycles. The molecule has 7 nitrogen and oxygen atoms in total. The second kappa shape index (κ2) is 9.73. The van der Waals surface area contributed by atoms with E-state index in [1.165, 1.54) is 24.6 Å². The number of nitrogens with zero attached hydrogens (tertiary/aromatic N) is 3. The van der Waals surface area contributed by atoms with Gasteiger partial charge in [0.25, 0.3) is 0 Å². The zero-order valence-corrected chi connectivity index (χ0v) is 12.7. The fraction of sp³-hybridized carbons (Fsp3) is 0.733. The Morgan fingerprint density at radius 1 is 0.955 bits per heavy atom. The number of unbranched alkanes of at least 4 members (excludes halogenated alkanes) is 6. The van der Waals surface area contributed by atoms with Gasteiger partial charge < -0.3 is 14.9 Å². The fourth-order valence-electron chi connectivity index (χ4n) is 1.80. The SMILES string of the molecule is CCCCCCCCCC(O)(O)OC(=O)C(C#N)(C#N)C#N. The first-order valence-corrected chi connectivity index (χ1v) is 7.29. The van der Waals surface area contributed by atoms with Crippen LogP contribution in [0.1, 0.15) is 58.3 Å². The van der Waals surface area contributed by atoms with Gasteiger partial charge in [0, 0.05) is 6.42 Å². The maximum absolute atomic E-state index is 11.6. The number of aliphatic hydroxyl groups is 2. The smallest absolute Gasteiger partial charge is 0.360 e. The van der Waals surface area contributed by atoms with Crippen molar-refractivity contribution in [2.75, 3.05) is 0 Å². The number of hydrogen-bond donors (Lipinski definition) is 2. The molecule has 0 aromatic heterocycles. The molecule has 0 atom stereocenters. The molecule has 0 unspecified atom stereocenters. The second-order valence-corrected chi connectivity index (χ2v) is 5.09. The predicted octanol–water partition coefficient (Wildman–Crippen LogP) is 1.87. The molecule has 0 rings (SSSR count). The zero-order valence-electron chi connectivity index (χ0n) is 12.7. The molecule has 0 aliphatic heterocycles. The third-order valence-corrected chi connectivity index (χ3v) is 3.17. The van der Waals surface area contributed by atoms with Crippen molar-refractivity contribution >= 4 is 5.97 Å². The highest BCUT2D eigenvalue weighted by Gasteiger charge is 2.45. The highest BCUT2D eigenvalue weighted by molar-refractivity contribution is 5.87. The van der Waals surface area contributed by atoms with E-state index in [0.29, 0.717) is 6.42 Å². The highest BCUT2D eigenvalue weighted by Crippen LogP contribution is 2.22. The van der Waals surface area contributed by atoms with Gasteiger partial charge in [-0.1, -0.05) is 45.4 Å². The molecule has 22 heavy (non-hydrogen) atoms. The highest BCUT2D eigenvalue weighted by atomic mass is 16.8. The monoisotopic (exact) mass is 307 g/mol. The first kappa shape index (κ1) is 19.9. The van der Waals surface area contributed by atoms with Crippen LogP contribution in [0.15, 0.2) is 0 Å². The van der Waals surface area contributed by atoms with Crippen LogP contribution in [0.4, 0.5) is 0 Å². The number of rotatable bonds is 10. The summed E-state index contributed by atoms with van der Waals surface area (Å²) in [5, 5.41) is 45.2. The van der Waals surface area contributed by atoms with Crippen LogP contribution in [0, 0.1) is 39.4 Å². The van der Waals surface area contributed by atoms with Crippen LogP contribution in [0.5, 0.6) is 0 Å². The minimum atomic E-state index is -2.78. The number of hydrogen-bond acceptors (Lipinski definition) is 7. The van der Waals surface area contributed by atoms with E-state index < -0.39 is 17.4 Å². The number of nitriles is 3. The van der Waals surface area contributed by atoms with Crippen molar-refractivity contribution in [2.45, 2.75) is 64.3 Å². The van der Waals surface area contributed by atoms with E-state index in [-0.39, 0.29) is 6.42 Å². The summed E-state index contributed by atoms with van der Waals surface area (Å²) in [6.45, 7) is 2.12. The van der Waals surface area contributed by atoms with Crippen molar-refractivity contribution in [1.29, 1.82) is 15.8 Å². The Morgan fingerprint density at radius 2 is 1.41 bits per heavy atom. The Balaban J connectivity index is 4.26. The molecule has 2 N–H and O–H groups in total. The molecule has 0 aliphatic carbocycles. The van der Waals surface area contributed by atoms with Gasteiger partial charge in [-0.25, -0.2) is 4.79 Å². The molecule has 0 radical (unpaired) electrons. The van der Waals surface area contributed by atoms with E-state index in [9.17, 15) is 15.0 Å². The minimum absolute atomic E-state index is 0.245. The summed E-state index contributed by atoms with van der Waals surface area (Å²) in [6.07, 6.45) is 6.33. The van der Waals surface area contributed by atoms with Gasteiger partial charge in [0.1, 0.15) is 18.2 Å². The van der Waals surface area contributed by atoms with Crippen molar-refractivity contribution < 1.29 is 19.7 Å².